The number of rotatable bonds is 5. The van der Waals surface area contributed by atoms with E-state index in [-0.39, 0.29) is 11.9 Å². The van der Waals surface area contributed by atoms with Gasteiger partial charge in [0, 0.05) is 17.6 Å². The van der Waals surface area contributed by atoms with E-state index in [0.717, 1.165) is 10.0 Å². The lowest BCUT2D eigenvalue weighted by Crippen LogP contribution is -2.51. The van der Waals surface area contributed by atoms with Crippen LogP contribution in [0.1, 0.15) is 5.56 Å². The molecule has 1 aliphatic heterocycles. The van der Waals surface area contributed by atoms with Gasteiger partial charge in [-0.1, -0.05) is 15.9 Å². The summed E-state index contributed by atoms with van der Waals surface area (Å²) < 4.78 is 16.6. The van der Waals surface area contributed by atoms with Crippen LogP contribution in [0.15, 0.2) is 16.6 Å². The number of benzene rings is 1. The van der Waals surface area contributed by atoms with E-state index in [0.29, 0.717) is 37.8 Å². The molecule has 6 nitrogen and oxygen atoms in total. The lowest BCUT2D eigenvalue weighted by atomic mass is 10.2. The molecule has 1 heterocycles. The van der Waals surface area contributed by atoms with Gasteiger partial charge in [-0.2, -0.15) is 0 Å². The summed E-state index contributed by atoms with van der Waals surface area (Å²) in [6.45, 7) is 2.14. The summed E-state index contributed by atoms with van der Waals surface area (Å²) in [5, 5.41) is 6.01. The van der Waals surface area contributed by atoms with Gasteiger partial charge in [-0.3, -0.25) is 4.79 Å². The molecule has 1 atom stereocenters. The van der Waals surface area contributed by atoms with Crippen molar-refractivity contribution in [3.8, 4) is 11.5 Å². The van der Waals surface area contributed by atoms with Crippen LogP contribution < -0.4 is 20.1 Å². The molecule has 2 N–H and O–H groups in total. The van der Waals surface area contributed by atoms with Crippen molar-refractivity contribution >= 4 is 21.8 Å². The van der Waals surface area contributed by atoms with E-state index in [9.17, 15) is 4.79 Å². The zero-order chi connectivity index (χ0) is 15.2. The summed E-state index contributed by atoms with van der Waals surface area (Å²) in [6.07, 6.45) is 0. The number of morpholine rings is 1. The molecule has 0 radical (unpaired) electrons. The zero-order valence-corrected chi connectivity index (χ0v) is 13.7. The maximum atomic E-state index is 12.0. The number of hydrogen-bond donors (Lipinski definition) is 2. The van der Waals surface area contributed by atoms with Gasteiger partial charge in [0.25, 0.3) is 0 Å². The Kier molecular flexibility index (Phi) is 5.84. The molecule has 2 rings (SSSR count). The smallest absolute Gasteiger partial charge is 0.239 e. The Labute approximate surface area is 132 Å². The third kappa shape index (κ3) is 4.09. The number of methoxy groups -OCH3 is 2. The van der Waals surface area contributed by atoms with E-state index in [1.54, 1.807) is 14.2 Å². The molecule has 7 heteroatoms. The van der Waals surface area contributed by atoms with Gasteiger partial charge in [0.1, 0.15) is 6.04 Å². The Morgan fingerprint density at radius 1 is 1.43 bits per heavy atom. The molecule has 1 unspecified atom stereocenters. The van der Waals surface area contributed by atoms with Crippen LogP contribution in [0.5, 0.6) is 11.5 Å². The largest absolute Gasteiger partial charge is 0.493 e. The molecular formula is C14H19BrN2O4. The lowest BCUT2D eigenvalue weighted by molar-refractivity contribution is -0.126. The highest BCUT2D eigenvalue weighted by atomic mass is 79.9. The van der Waals surface area contributed by atoms with Crippen LogP contribution in [0.2, 0.25) is 0 Å². The summed E-state index contributed by atoms with van der Waals surface area (Å²) in [7, 11) is 3.16. The van der Waals surface area contributed by atoms with Crippen LogP contribution in [0.25, 0.3) is 0 Å². The van der Waals surface area contributed by atoms with Crippen molar-refractivity contribution in [2.24, 2.45) is 0 Å². The van der Waals surface area contributed by atoms with Gasteiger partial charge < -0.3 is 24.8 Å². The van der Waals surface area contributed by atoms with Gasteiger partial charge in [0.15, 0.2) is 11.5 Å². The fraction of sp³-hybridized carbons (Fsp3) is 0.500. The molecule has 21 heavy (non-hydrogen) atoms. The Bertz CT molecular complexity index is 504. The van der Waals surface area contributed by atoms with Crippen LogP contribution in [-0.4, -0.2) is 45.9 Å². The van der Waals surface area contributed by atoms with Crippen molar-refractivity contribution in [1.82, 2.24) is 10.6 Å². The maximum Gasteiger partial charge on any atom is 0.239 e. The number of carbonyl (C=O) groups excluding carboxylic acids is 1. The molecule has 116 valence electrons. The van der Waals surface area contributed by atoms with E-state index in [1.165, 1.54) is 0 Å². The second kappa shape index (κ2) is 7.63. The highest BCUT2D eigenvalue weighted by Crippen LogP contribution is 2.33. The molecule has 1 aliphatic rings. The number of hydrogen-bond acceptors (Lipinski definition) is 5. The monoisotopic (exact) mass is 358 g/mol. The van der Waals surface area contributed by atoms with Crippen molar-refractivity contribution in [3.63, 3.8) is 0 Å². The maximum absolute atomic E-state index is 12.0. The molecule has 1 aromatic carbocycles. The number of nitrogens with one attached hydrogen (secondary N) is 2. The van der Waals surface area contributed by atoms with Gasteiger partial charge in [0.2, 0.25) is 5.91 Å². The average Bonchev–Trinajstić information content (AvgIpc) is 2.53. The first-order chi connectivity index (χ1) is 10.2. The summed E-state index contributed by atoms with van der Waals surface area (Å²) in [4.78, 5) is 12.0. The van der Waals surface area contributed by atoms with Gasteiger partial charge in [-0.25, -0.2) is 0 Å². The first-order valence-corrected chi connectivity index (χ1v) is 7.44. The van der Waals surface area contributed by atoms with Gasteiger partial charge in [-0.15, -0.1) is 0 Å². The second-order valence-electron chi connectivity index (χ2n) is 4.60. The molecule has 1 fully saturated rings. The molecule has 0 saturated carbocycles. The third-order valence-corrected chi connectivity index (χ3v) is 3.98. The van der Waals surface area contributed by atoms with E-state index in [2.05, 4.69) is 26.6 Å². The van der Waals surface area contributed by atoms with E-state index >= 15 is 0 Å². The third-order valence-electron chi connectivity index (χ3n) is 3.24. The van der Waals surface area contributed by atoms with E-state index in [4.69, 9.17) is 14.2 Å². The summed E-state index contributed by atoms with van der Waals surface area (Å²) in [5.41, 5.74) is 0.915. The minimum atomic E-state index is -0.294. The fourth-order valence-electron chi connectivity index (χ4n) is 2.07. The van der Waals surface area contributed by atoms with Crippen molar-refractivity contribution < 1.29 is 19.0 Å². The summed E-state index contributed by atoms with van der Waals surface area (Å²) >= 11 is 3.47. The van der Waals surface area contributed by atoms with Crippen LogP contribution in [0, 0.1) is 0 Å². The fourth-order valence-corrected chi connectivity index (χ4v) is 2.53. The van der Waals surface area contributed by atoms with Crippen molar-refractivity contribution in [2.75, 3.05) is 34.0 Å². The second-order valence-corrected chi connectivity index (χ2v) is 5.45. The van der Waals surface area contributed by atoms with Crippen LogP contribution >= 0.6 is 15.9 Å². The van der Waals surface area contributed by atoms with Crippen LogP contribution in [0.4, 0.5) is 0 Å². The van der Waals surface area contributed by atoms with Gasteiger partial charge >= 0.3 is 0 Å². The molecule has 0 spiro atoms. The quantitative estimate of drug-likeness (QED) is 0.823. The van der Waals surface area contributed by atoms with Gasteiger partial charge in [0.05, 0.1) is 27.4 Å². The topological polar surface area (TPSA) is 68.8 Å². The minimum absolute atomic E-state index is 0.0728. The minimum Gasteiger partial charge on any atom is -0.493 e. The van der Waals surface area contributed by atoms with Crippen molar-refractivity contribution in [2.45, 2.75) is 12.6 Å². The molecule has 0 aliphatic carbocycles. The molecular weight excluding hydrogens is 340 g/mol. The highest BCUT2D eigenvalue weighted by molar-refractivity contribution is 9.10. The first-order valence-electron chi connectivity index (χ1n) is 6.65. The molecule has 1 aromatic rings. The Morgan fingerprint density at radius 2 is 2.14 bits per heavy atom. The van der Waals surface area contributed by atoms with Gasteiger partial charge in [-0.05, 0) is 17.7 Å². The summed E-state index contributed by atoms with van der Waals surface area (Å²) in [5.74, 6) is 1.20. The predicted molar refractivity (Wildman–Crippen MR) is 81.7 cm³/mol. The van der Waals surface area contributed by atoms with E-state index in [1.807, 2.05) is 12.1 Å². The first kappa shape index (κ1) is 16.1. The van der Waals surface area contributed by atoms with E-state index < -0.39 is 0 Å². The van der Waals surface area contributed by atoms with Crippen LogP contribution in [0.3, 0.4) is 0 Å². The zero-order valence-electron chi connectivity index (χ0n) is 12.1. The molecule has 0 bridgehead atoms. The molecule has 1 saturated heterocycles. The number of ether oxygens (including phenoxy) is 3. The average molecular weight is 359 g/mol. The SMILES string of the molecule is COc1cc(Br)c(CNC(=O)C2COCCN2)cc1OC. The summed E-state index contributed by atoms with van der Waals surface area (Å²) in [6, 6.07) is 3.37. The Balaban J connectivity index is 2.00. The Hall–Kier alpha value is -1.31. The Morgan fingerprint density at radius 3 is 2.76 bits per heavy atom. The normalized spacial score (nSPS) is 18.1. The number of carbonyl (C=O) groups is 1. The standard InChI is InChI=1S/C14H19BrN2O4/c1-19-12-5-9(10(15)6-13(12)20-2)7-17-14(18)11-8-21-4-3-16-11/h5-6,11,16H,3-4,7-8H2,1-2H3,(H,17,18). The number of halogens is 1. The molecule has 0 aromatic heterocycles. The highest BCUT2D eigenvalue weighted by Gasteiger charge is 2.21. The van der Waals surface area contributed by atoms with Crippen molar-refractivity contribution in [1.29, 1.82) is 0 Å². The molecule has 1 amide bonds. The number of amides is 1. The van der Waals surface area contributed by atoms with Crippen molar-refractivity contribution in [3.05, 3.63) is 22.2 Å². The van der Waals surface area contributed by atoms with Crippen LogP contribution in [-0.2, 0) is 16.1 Å². The predicted octanol–water partition coefficient (Wildman–Crippen LogP) is 1.07. The lowest BCUT2D eigenvalue weighted by Gasteiger charge is -2.23.